The number of likely N-dealkylation sites (N-methyl/N-ethyl adjacent to an activating group) is 1. The number of hydrogen-bond donors (Lipinski definition) is 1. The highest BCUT2D eigenvalue weighted by Gasteiger charge is 2.26. The van der Waals surface area contributed by atoms with Crippen LogP contribution in [0.25, 0.3) is 0 Å². The number of nitrogens with zero attached hydrogens (tertiary/aromatic N) is 2. The molecular weight excluding hydrogens is 114 g/mol. The van der Waals surface area contributed by atoms with E-state index in [9.17, 15) is 0 Å². The van der Waals surface area contributed by atoms with Gasteiger partial charge in [-0.1, -0.05) is 0 Å². The molecule has 1 heterocycles. The zero-order valence-corrected chi connectivity index (χ0v) is 5.54. The van der Waals surface area contributed by atoms with E-state index in [2.05, 4.69) is 11.0 Å². The Balaban J connectivity index is 2.50. The van der Waals surface area contributed by atoms with Crippen LogP contribution in [0, 0.1) is 17.2 Å². The van der Waals surface area contributed by atoms with Crippen molar-refractivity contribution in [3.63, 3.8) is 0 Å². The van der Waals surface area contributed by atoms with Crippen molar-refractivity contribution in [2.45, 2.75) is 6.04 Å². The summed E-state index contributed by atoms with van der Waals surface area (Å²) in [5.74, 6) is 0.0509. The molecule has 0 unspecified atom stereocenters. The second-order valence-electron chi connectivity index (χ2n) is 2.62. The zero-order chi connectivity index (χ0) is 6.85. The normalized spacial score (nSPS) is 36.6. The zero-order valence-electron chi connectivity index (χ0n) is 5.54. The van der Waals surface area contributed by atoms with Crippen LogP contribution in [0.5, 0.6) is 0 Å². The predicted octanol–water partition coefficient (Wildman–Crippen LogP) is -0.601. The monoisotopic (exact) mass is 125 g/mol. The van der Waals surface area contributed by atoms with Gasteiger partial charge in [0, 0.05) is 19.1 Å². The summed E-state index contributed by atoms with van der Waals surface area (Å²) >= 11 is 0. The number of nitriles is 1. The van der Waals surface area contributed by atoms with Gasteiger partial charge < -0.3 is 10.6 Å². The summed E-state index contributed by atoms with van der Waals surface area (Å²) in [4.78, 5) is 2.08. The SMILES string of the molecule is CN1C[C@@H](N)[C@@H](C#N)C1. The lowest BCUT2D eigenvalue weighted by atomic mass is 10.1. The summed E-state index contributed by atoms with van der Waals surface area (Å²) in [5, 5.41) is 8.50. The Kier molecular flexibility index (Phi) is 1.70. The highest BCUT2D eigenvalue weighted by atomic mass is 15.1. The molecule has 0 saturated carbocycles. The fourth-order valence-electron chi connectivity index (χ4n) is 1.17. The Morgan fingerprint density at radius 3 is 2.56 bits per heavy atom. The van der Waals surface area contributed by atoms with Crippen LogP contribution < -0.4 is 5.73 Å². The molecule has 0 amide bonds. The van der Waals surface area contributed by atoms with Crippen LogP contribution in [-0.2, 0) is 0 Å². The van der Waals surface area contributed by atoms with Gasteiger partial charge in [-0.25, -0.2) is 0 Å². The summed E-state index contributed by atoms with van der Waals surface area (Å²) < 4.78 is 0. The maximum absolute atomic E-state index is 8.50. The van der Waals surface area contributed by atoms with Crippen LogP contribution >= 0.6 is 0 Å². The Hall–Kier alpha value is -0.590. The smallest absolute Gasteiger partial charge is 0.0753 e. The van der Waals surface area contributed by atoms with Gasteiger partial charge in [0.15, 0.2) is 0 Å². The van der Waals surface area contributed by atoms with Crippen LogP contribution in [-0.4, -0.2) is 31.1 Å². The molecule has 2 N–H and O–H groups in total. The Bertz CT molecular complexity index is 138. The summed E-state index contributed by atoms with van der Waals surface area (Å²) in [6.45, 7) is 1.69. The predicted molar refractivity (Wildman–Crippen MR) is 34.6 cm³/mol. The number of likely N-dealkylation sites (tertiary alicyclic amines) is 1. The van der Waals surface area contributed by atoms with Crippen molar-refractivity contribution >= 4 is 0 Å². The second kappa shape index (κ2) is 2.34. The molecule has 0 aromatic heterocycles. The van der Waals surface area contributed by atoms with E-state index in [1.807, 2.05) is 7.05 Å². The van der Waals surface area contributed by atoms with Gasteiger partial charge in [0.05, 0.1) is 12.0 Å². The van der Waals surface area contributed by atoms with Gasteiger partial charge in [-0.05, 0) is 7.05 Å². The van der Waals surface area contributed by atoms with Crippen molar-refractivity contribution < 1.29 is 0 Å². The molecule has 0 spiro atoms. The maximum Gasteiger partial charge on any atom is 0.0753 e. The summed E-state index contributed by atoms with van der Waals surface area (Å²) in [5.41, 5.74) is 5.62. The molecule has 0 aromatic rings. The summed E-state index contributed by atoms with van der Waals surface area (Å²) in [6.07, 6.45) is 0. The lowest BCUT2D eigenvalue weighted by Crippen LogP contribution is -2.28. The van der Waals surface area contributed by atoms with Crippen molar-refractivity contribution in [3.05, 3.63) is 0 Å². The fraction of sp³-hybridized carbons (Fsp3) is 0.833. The minimum absolute atomic E-state index is 0.0509. The molecule has 0 bridgehead atoms. The average molecular weight is 125 g/mol. The summed E-state index contributed by atoms with van der Waals surface area (Å²) in [6, 6.07) is 2.25. The van der Waals surface area contributed by atoms with Crippen molar-refractivity contribution in [1.82, 2.24) is 4.90 Å². The van der Waals surface area contributed by atoms with Crippen molar-refractivity contribution in [2.24, 2.45) is 11.7 Å². The fourth-order valence-corrected chi connectivity index (χ4v) is 1.17. The standard InChI is InChI=1S/C6H11N3/c1-9-3-5(2-7)6(8)4-9/h5-6H,3-4,8H2,1H3/t5-,6+/m0/s1. The maximum atomic E-state index is 8.50. The molecule has 50 valence electrons. The van der Waals surface area contributed by atoms with Crippen molar-refractivity contribution in [1.29, 1.82) is 5.26 Å². The highest BCUT2D eigenvalue weighted by Crippen LogP contribution is 2.11. The van der Waals surface area contributed by atoms with Crippen LogP contribution in [0.3, 0.4) is 0 Å². The second-order valence-corrected chi connectivity index (χ2v) is 2.62. The van der Waals surface area contributed by atoms with Gasteiger partial charge in [0.2, 0.25) is 0 Å². The Morgan fingerprint density at radius 2 is 2.33 bits per heavy atom. The lowest BCUT2D eigenvalue weighted by Gasteiger charge is -2.02. The first-order valence-corrected chi connectivity index (χ1v) is 3.08. The number of nitrogens with two attached hydrogens (primary N) is 1. The summed E-state index contributed by atoms with van der Waals surface area (Å²) in [7, 11) is 1.98. The van der Waals surface area contributed by atoms with E-state index in [1.165, 1.54) is 0 Å². The molecule has 0 aliphatic carbocycles. The number of rotatable bonds is 0. The average Bonchev–Trinajstić information content (AvgIpc) is 2.10. The molecule has 9 heavy (non-hydrogen) atoms. The number of hydrogen-bond acceptors (Lipinski definition) is 3. The molecule has 1 saturated heterocycles. The van der Waals surface area contributed by atoms with Gasteiger partial charge in [-0.3, -0.25) is 0 Å². The van der Waals surface area contributed by atoms with Crippen molar-refractivity contribution in [3.8, 4) is 6.07 Å². The Labute approximate surface area is 55.1 Å². The first-order chi connectivity index (χ1) is 4.24. The van der Waals surface area contributed by atoms with E-state index in [4.69, 9.17) is 11.0 Å². The van der Waals surface area contributed by atoms with Crippen LogP contribution in [0.1, 0.15) is 0 Å². The minimum atomic E-state index is 0.0509. The molecule has 0 radical (unpaired) electrons. The van der Waals surface area contributed by atoms with Crippen LogP contribution in [0.4, 0.5) is 0 Å². The molecule has 1 aliphatic heterocycles. The quantitative estimate of drug-likeness (QED) is 0.470. The van der Waals surface area contributed by atoms with E-state index in [0.29, 0.717) is 0 Å². The molecule has 3 nitrogen and oxygen atoms in total. The largest absolute Gasteiger partial charge is 0.325 e. The van der Waals surface area contributed by atoms with Crippen LogP contribution in [0.2, 0.25) is 0 Å². The van der Waals surface area contributed by atoms with Crippen molar-refractivity contribution in [2.75, 3.05) is 20.1 Å². The van der Waals surface area contributed by atoms with E-state index in [1.54, 1.807) is 0 Å². The Morgan fingerprint density at radius 1 is 1.67 bits per heavy atom. The first-order valence-electron chi connectivity index (χ1n) is 3.08. The third kappa shape index (κ3) is 1.21. The van der Waals surface area contributed by atoms with E-state index in [0.717, 1.165) is 13.1 Å². The van der Waals surface area contributed by atoms with E-state index in [-0.39, 0.29) is 12.0 Å². The molecule has 1 rings (SSSR count). The van der Waals surface area contributed by atoms with Crippen LogP contribution in [0.15, 0.2) is 0 Å². The van der Waals surface area contributed by atoms with E-state index < -0.39 is 0 Å². The lowest BCUT2D eigenvalue weighted by molar-refractivity contribution is 0.406. The van der Waals surface area contributed by atoms with Gasteiger partial charge >= 0.3 is 0 Å². The molecule has 3 heteroatoms. The third-order valence-corrected chi connectivity index (χ3v) is 1.71. The molecule has 1 fully saturated rings. The van der Waals surface area contributed by atoms with Gasteiger partial charge in [-0.2, -0.15) is 5.26 Å². The minimum Gasteiger partial charge on any atom is -0.325 e. The van der Waals surface area contributed by atoms with Gasteiger partial charge in [0.1, 0.15) is 0 Å². The van der Waals surface area contributed by atoms with E-state index >= 15 is 0 Å². The molecular formula is C6H11N3. The van der Waals surface area contributed by atoms with Gasteiger partial charge in [-0.15, -0.1) is 0 Å². The topological polar surface area (TPSA) is 53.0 Å². The molecule has 2 atom stereocenters. The van der Waals surface area contributed by atoms with Gasteiger partial charge in [0.25, 0.3) is 0 Å². The first kappa shape index (κ1) is 6.53. The molecule has 0 aromatic carbocycles. The third-order valence-electron chi connectivity index (χ3n) is 1.71. The highest BCUT2D eigenvalue weighted by molar-refractivity contribution is 4.97. The molecule has 1 aliphatic rings.